The van der Waals surface area contributed by atoms with E-state index in [0.717, 1.165) is 32.5 Å². The molecule has 0 spiro atoms. The minimum atomic E-state index is 0.185. The molecule has 3 N–H and O–H groups in total. The van der Waals surface area contributed by atoms with Gasteiger partial charge < -0.3 is 0 Å². The molecular formula is C14H18Br2N4S. The first-order chi connectivity index (χ1) is 10.0. The zero-order valence-electron chi connectivity index (χ0n) is 11.9. The van der Waals surface area contributed by atoms with Crippen LogP contribution in [0.4, 0.5) is 0 Å². The lowest BCUT2D eigenvalue weighted by molar-refractivity contribution is 0.550. The van der Waals surface area contributed by atoms with Crippen molar-refractivity contribution in [1.82, 2.24) is 15.2 Å². The molecule has 0 fully saturated rings. The summed E-state index contributed by atoms with van der Waals surface area (Å²) in [5, 5.41) is 4.42. The number of halogens is 2. The van der Waals surface area contributed by atoms with Crippen molar-refractivity contribution in [3.8, 4) is 0 Å². The van der Waals surface area contributed by atoms with Gasteiger partial charge >= 0.3 is 0 Å². The van der Waals surface area contributed by atoms with Crippen LogP contribution in [-0.2, 0) is 13.5 Å². The van der Waals surface area contributed by atoms with Gasteiger partial charge in [-0.2, -0.15) is 5.10 Å². The molecule has 7 heteroatoms. The topological polar surface area (TPSA) is 55.9 Å². The lowest BCUT2D eigenvalue weighted by atomic mass is 10.2. The number of nitrogens with two attached hydrogens (primary N) is 1. The van der Waals surface area contributed by atoms with Crippen molar-refractivity contribution >= 4 is 43.6 Å². The normalized spacial score (nSPS) is 12.6. The first-order valence-electron chi connectivity index (χ1n) is 6.53. The summed E-state index contributed by atoms with van der Waals surface area (Å²) in [6, 6.07) is 8.49. The molecule has 0 amide bonds. The molecule has 0 saturated heterocycles. The smallest absolute Gasteiger partial charge is 0.0738 e. The van der Waals surface area contributed by atoms with Crippen LogP contribution in [0.25, 0.3) is 0 Å². The van der Waals surface area contributed by atoms with E-state index < -0.39 is 0 Å². The predicted molar refractivity (Wildman–Crippen MR) is 95.3 cm³/mol. The van der Waals surface area contributed by atoms with E-state index in [4.69, 9.17) is 5.84 Å². The van der Waals surface area contributed by atoms with Crippen LogP contribution in [0.2, 0.25) is 0 Å². The Bertz CT molecular complexity index is 598. The van der Waals surface area contributed by atoms with E-state index in [0.29, 0.717) is 0 Å². The van der Waals surface area contributed by atoms with Gasteiger partial charge in [-0.25, -0.2) is 0 Å². The Hall–Kier alpha value is -0.340. The van der Waals surface area contributed by atoms with E-state index in [-0.39, 0.29) is 6.04 Å². The maximum absolute atomic E-state index is 5.70. The monoisotopic (exact) mass is 432 g/mol. The number of benzene rings is 1. The van der Waals surface area contributed by atoms with Crippen LogP contribution in [0.15, 0.2) is 38.1 Å². The summed E-state index contributed by atoms with van der Waals surface area (Å²) in [7, 11) is 1.96. The average molecular weight is 434 g/mol. The zero-order chi connectivity index (χ0) is 15.4. The summed E-state index contributed by atoms with van der Waals surface area (Å²) < 4.78 is 4.07. The number of hydrazine groups is 1. The van der Waals surface area contributed by atoms with Crippen molar-refractivity contribution in [2.24, 2.45) is 12.9 Å². The van der Waals surface area contributed by atoms with Crippen molar-refractivity contribution in [3.63, 3.8) is 0 Å². The van der Waals surface area contributed by atoms with E-state index in [1.165, 1.54) is 4.90 Å². The number of nitrogens with zero attached hydrogens (tertiary/aromatic N) is 2. The molecule has 1 aromatic heterocycles. The van der Waals surface area contributed by atoms with E-state index >= 15 is 0 Å². The second-order valence-electron chi connectivity index (χ2n) is 4.80. The standard InChI is InChI=1S/C14H18Br2N4S/c1-9-14(16)13(20(2)19-9)7-11(18-17)8-21-12-5-3-10(15)4-6-12/h3-6,11,18H,7-8,17H2,1-2H3. The van der Waals surface area contributed by atoms with Crippen LogP contribution >= 0.6 is 43.6 Å². The van der Waals surface area contributed by atoms with E-state index in [1.54, 1.807) is 11.8 Å². The molecular weight excluding hydrogens is 416 g/mol. The molecule has 114 valence electrons. The number of rotatable bonds is 6. The fraction of sp³-hybridized carbons (Fsp3) is 0.357. The van der Waals surface area contributed by atoms with Crippen molar-refractivity contribution in [1.29, 1.82) is 0 Å². The highest BCUT2D eigenvalue weighted by molar-refractivity contribution is 9.10. The third-order valence-electron chi connectivity index (χ3n) is 3.20. The maximum atomic E-state index is 5.70. The molecule has 0 bridgehead atoms. The second kappa shape index (κ2) is 7.78. The molecule has 1 unspecified atom stereocenters. The highest BCUT2D eigenvalue weighted by Crippen LogP contribution is 2.25. The van der Waals surface area contributed by atoms with Gasteiger partial charge in [0, 0.05) is 34.6 Å². The van der Waals surface area contributed by atoms with Crippen LogP contribution in [0.3, 0.4) is 0 Å². The van der Waals surface area contributed by atoms with Crippen LogP contribution in [0, 0.1) is 6.92 Å². The Labute approximate surface area is 146 Å². The van der Waals surface area contributed by atoms with Crippen LogP contribution in [0.1, 0.15) is 11.4 Å². The molecule has 1 heterocycles. The summed E-state index contributed by atoms with van der Waals surface area (Å²) in [5.41, 5.74) is 5.07. The summed E-state index contributed by atoms with van der Waals surface area (Å²) >= 11 is 8.84. The Balaban J connectivity index is 1.98. The van der Waals surface area contributed by atoms with Crippen molar-refractivity contribution in [2.75, 3.05) is 5.75 Å². The summed E-state index contributed by atoms with van der Waals surface area (Å²) in [6.07, 6.45) is 0.831. The van der Waals surface area contributed by atoms with Gasteiger partial charge in [-0.05, 0) is 47.1 Å². The molecule has 2 rings (SSSR count). The van der Waals surface area contributed by atoms with Gasteiger partial charge in [0.15, 0.2) is 0 Å². The number of hydrogen-bond donors (Lipinski definition) is 2. The second-order valence-corrected chi connectivity index (χ2v) is 7.60. The van der Waals surface area contributed by atoms with E-state index in [1.807, 2.05) is 30.8 Å². The van der Waals surface area contributed by atoms with Crippen LogP contribution in [-0.4, -0.2) is 21.6 Å². The van der Waals surface area contributed by atoms with Gasteiger partial charge in [-0.15, -0.1) is 11.8 Å². The quantitative estimate of drug-likeness (QED) is 0.416. The highest BCUT2D eigenvalue weighted by Gasteiger charge is 2.16. The number of hydrogen-bond acceptors (Lipinski definition) is 4. The summed E-state index contributed by atoms with van der Waals surface area (Å²) in [5.74, 6) is 6.60. The van der Waals surface area contributed by atoms with Crippen molar-refractivity contribution in [3.05, 3.63) is 44.6 Å². The van der Waals surface area contributed by atoms with Gasteiger partial charge in [0.2, 0.25) is 0 Å². The van der Waals surface area contributed by atoms with Gasteiger partial charge in [-0.1, -0.05) is 15.9 Å². The Morgan fingerprint density at radius 1 is 1.33 bits per heavy atom. The van der Waals surface area contributed by atoms with Crippen molar-refractivity contribution < 1.29 is 0 Å². The minimum absolute atomic E-state index is 0.185. The molecule has 21 heavy (non-hydrogen) atoms. The molecule has 0 radical (unpaired) electrons. The largest absolute Gasteiger partial charge is 0.271 e. The molecule has 0 aliphatic carbocycles. The molecule has 2 aromatic rings. The Morgan fingerprint density at radius 2 is 2.00 bits per heavy atom. The summed E-state index contributed by atoms with van der Waals surface area (Å²) in [4.78, 5) is 1.23. The molecule has 0 aliphatic rings. The fourth-order valence-corrected chi connectivity index (χ4v) is 3.73. The van der Waals surface area contributed by atoms with Gasteiger partial charge in [-0.3, -0.25) is 16.0 Å². The molecule has 0 aliphatic heterocycles. The Morgan fingerprint density at radius 3 is 2.52 bits per heavy atom. The molecule has 0 saturated carbocycles. The number of aromatic nitrogens is 2. The molecule has 1 aromatic carbocycles. The van der Waals surface area contributed by atoms with Gasteiger partial charge in [0.25, 0.3) is 0 Å². The SMILES string of the molecule is Cc1nn(C)c(CC(CSc2ccc(Br)cc2)NN)c1Br. The van der Waals surface area contributed by atoms with Gasteiger partial charge in [0.1, 0.15) is 0 Å². The molecule has 4 nitrogen and oxygen atoms in total. The lowest BCUT2D eigenvalue weighted by Gasteiger charge is -2.16. The number of thioether (sulfide) groups is 1. The summed E-state index contributed by atoms with van der Waals surface area (Å²) in [6.45, 7) is 2.00. The maximum Gasteiger partial charge on any atom is 0.0738 e. The van der Waals surface area contributed by atoms with Crippen molar-refractivity contribution in [2.45, 2.75) is 24.3 Å². The zero-order valence-corrected chi connectivity index (χ0v) is 15.9. The van der Waals surface area contributed by atoms with Crippen LogP contribution < -0.4 is 11.3 Å². The third-order valence-corrected chi connectivity index (χ3v) is 5.94. The highest BCUT2D eigenvalue weighted by atomic mass is 79.9. The average Bonchev–Trinajstić information content (AvgIpc) is 2.71. The Kier molecular flexibility index (Phi) is 6.31. The van der Waals surface area contributed by atoms with E-state index in [2.05, 4.69) is 54.5 Å². The van der Waals surface area contributed by atoms with Gasteiger partial charge in [0.05, 0.1) is 15.9 Å². The third kappa shape index (κ3) is 4.56. The van der Waals surface area contributed by atoms with Crippen LogP contribution in [0.5, 0.6) is 0 Å². The number of aryl methyl sites for hydroxylation is 2. The fourth-order valence-electron chi connectivity index (χ4n) is 2.03. The molecule has 1 atom stereocenters. The first kappa shape index (κ1) is 17.0. The minimum Gasteiger partial charge on any atom is -0.271 e. The van der Waals surface area contributed by atoms with E-state index in [9.17, 15) is 0 Å². The lowest BCUT2D eigenvalue weighted by Crippen LogP contribution is -2.39. The number of nitrogens with one attached hydrogen (secondary N) is 1. The predicted octanol–water partition coefficient (Wildman–Crippen LogP) is 3.42. The first-order valence-corrected chi connectivity index (χ1v) is 9.11.